The minimum atomic E-state index is -3.28. The lowest BCUT2D eigenvalue weighted by atomic mass is 10.1. The van der Waals surface area contributed by atoms with Crippen LogP contribution in [0.4, 0.5) is 11.4 Å². The molecule has 0 radical (unpaired) electrons. The maximum atomic E-state index is 12.2. The van der Waals surface area contributed by atoms with Gasteiger partial charge in [-0.15, -0.1) is 0 Å². The third-order valence-electron chi connectivity index (χ3n) is 4.89. The van der Waals surface area contributed by atoms with Gasteiger partial charge in [-0.1, -0.05) is 31.7 Å². The fourth-order valence-electron chi connectivity index (χ4n) is 3.53. The van der Waals surface area contributed by atoms with E-state index in [9.17, 15) is 18.0 Å². The van der Waals surface area contributed by atoms with Crippen molar-refractivity contribution in [2.75, 3.05) is 21.9 Å². The monoisotopic (exact) mass is 379 g/mol. The minimum Gasteiger partial charge on any atom is -0.345 e. The first-order valence-corrected chi connectivity index (χ1v) is 10.8. The van der Waals surface area contributed by atoms with Crippen molar-refractivity contribution in [2.45, 2.75) is 51.0 Å². The highest BCUT2D eigenvalue weighted by molar-refractivity contribution is 7.93. The van der Waals surface area contributed by atoms with Gasteiger partial charge in [-0.05, 0) is 37.5 Å². The Bertz CT molecular complexity index is 770. The molecule has 8 heteroatoms. The van der Waals surface area contributed by atoms with Crippen molar-refractivity contribution >= 4 is 33.2 Å². The van der Waals surface area contributed by atoms with Gasteiger partial charge >= 0.3 is 11.8 Å². The number of nitrogens with zero attached hydrogens (tertiary/aromatic N) is 1. The van der Waals surface area contributed by atoms with Crippen LogP contribution >= 0.6 is 0 Å². The van der Waals surface area contributed by atoms with Gasteiger partial charge in [-0.2, -0.15) is 0 Å². The second kappa shape index (κ2) is 8.07. The number of sulfonamides is 1. The van der Waals surface area contributed by atoms with Crippen LogP contribution in [0.1, 0.15) is 44.9 Å². The first-order valence-electron chi connectivity index (χ1n) is 9.18. The van der Waals surface area contributed by atoms with Gasteiger partial charge < -0.3 is 10.6 Å². The summed E-state index contributed by atoms with van der Waals surface area (Å²) < 4.78 is 25.4. The van der Waals surface area contributed by atoms with Gasteiger partial charge in [0, 0.05) is 18.3 Å². The summed E-state index contributed by atoms with van der Waals surface area (Å²) in [5, 5.41) is 5.37. The van der Waals surface area contributed by atoms with E-state index < -0.39 is 21.8 Å². The van der Waals surface area contributed by atoms with Crippen LogP contribution in [-0.4, -0.2) is 38.6 Å². The lowest BCUT2D eigenvalue weighted by Gasteiger charge is -2.18. The van der Waals surface area contributed by atoms with Crippen molar-refractivity contribution in [1.82, 2.24) is 5.32 Å². The number of benzene rings is 1. The lowest BCUT2D eigenvalue weighted by molar-refractivity contribution is -0.136. The average Bonchev–Trinajstić information content (AvgIpc) is 2.80. The Morgan fingerprint density at radius 2 is 1.73 bits per heavy atom. The summed E-state index contributed by atoms with van der Waals surface area (Å²) in [5.41, 5.74) is 0.912. The SMILES string of the molecule is O=C(Nc1cccc(N2CCCS2(=O)=O)c1)C(=O)NC1CCCCCC1. The number of carbonyl (C=O) groups is 2. The zero-order chi connectivity index (χ0) is 18.6. The maximum Gasteiger partial charge on any atom is 0.313 e. The number of hydrogen-bond donors (Lipinski definition) is 2. The molecule has 0 atom stereocenters. The molecule has 2 amide bonds. The molecule has 1 heterocycles. The Morgan fingerprint density at radius 1 is 1.00 bits per heavy atom. The molecular formula is C18H25N3O4S. The van der Waals surface area contributed by atoms with E-state index >= 15 is 0 Å². The van der Waals surface area contributed by atoms with Crippen LogP contribution in [-0.2, 0) is 19.6 Å². The number of anilines is 2. The molecule has 142 valence electrons. The number of amides is 2. The summed E-state index contributed by atoms with van der Waals surface area (Å²) >= 11 is 0. The Balaban J connectivity index is 1.62. The maximum absolute atomic E-state index is 12.2. The molecule has 7 nitrogen and oxygen atoms in total. The number of rotatable bonds is 3. The molecule has 0 spiro atoms. The third kappa shape index (κ3) is 4.55. The Kier molecular flexibility index (Phi) is 5.80. The van der Waals surface area contributed by atoms with Crippen LogP contribution in [0.2, 0.25) is 0 Å². The number of carbonyl (C=O) groups excluding carboxylic acids is 2. The largest absolute Gasteiger partial charge is 0.345 e. The molecule has 1 aromatic carbocycles. The van der Waals surface area contributed by atoms with E-state index in [0.717, 1.165) is 25.7 Å². The van der Waals surface area contributed by atoms with E-state index in [1.807, 2.05) is 0 Å². The summed E-state index contributed by atoms with van der Waals surface area (Å²) in [4.78, 5) is 24.3. The van der Waals surface area contributed by atoms with E-state index in [4.69, 9.17) is 0 Å². The van der Waals surface area contributed by atoms with Crippen molar-refractivity contribution in [2.24, 2.45) is 0 Å². The highest BCUT2D eigenvalue weighted by Crippen LogP contribution is 2.26. The minimum absolute atomic E-state index is 0.0526. The second-order valence-corrected chi connectivity index (χ2v) is 8.92. The van der Waals surface area contributed by atoms with Gasteiger partial charge in [0.1, 0.15) is 0 Å². The number of hydrogen-bond acceptors (Lipinski definition) is 4. The van der Waals surface area contributed by atoms with Crippen molar-refractivity contribution in [3.05, 3.63) is 24.3 Å². The highest BCUT2D eigenvalue weighted by atomic mass is 32.2. The van der Waals surface area contributed by atoms with Crippen LogP contribution in [0.25, 0.3) is 0 Å². The van der Waals surface area contributed by atoms with Gasteiger partial charge in [0.05, 0.1) is 11.4 Å². The summed E-state index contributed by atoms with van der Waals surface area (Å²) in [6.45, 7) is 0.432. The summed E-state index contributed by atoms with van der Waals surface area (Å²) in [5.74, 6) is -1.24. The molecule has 1 saturated heterocycles. The predicted molar refractivity (Wildman–Crippen MR) is 100 cm³/mol. The van der Waals surface area contributed by atoms with Crippen LogP contribution in [0, 0.1) is 0 Å². The molecule has 1 saturated carbocycles. The van der Waals surface area contributed by atoms with Gasteiger partial charge in [0.25, 0.3) is 0 Å². The van der Waals surface area contributed by atoms with E-state index in [1.165, 1.54) is 17.1 Å². The van der Waals surface area contributed by atoms with Gasteiger partial charge in [0.15, 0.2) is 0 Å². The van der Waals surface area contributed by atoms with Crippen LogP contribution in [0.15, 0.2) is 24.3 Å². The molecule has 26 heavy (non-hydrogen) atoms. The molecule has 3 rings (SSSR count). The molecule has 2 fully saturated rings. The molecule has 0 bridgehead atoms. The quantitative estimate of drug-likeness (QED) is 0.620. The topological polar surface area (TPSA) is 95.6 Å². The fourth-order valence-corrected chi connectivity index (χ4v) is 5.09. The summed E-state index contributed by atoms with van der Waals surface area (Å²) in [6.07, 6.45) is 6.87. The van der Waals surface area contributed by atoms with Gasteiger partial charge in [-0.25, -0.2) is 8.42 Å². The molecule has 2 N–H and O–H groups in total. The van der Waals surface area contributed by atoms with E-state index in [0.29, 0.717) is 24.3 Å². The number of nitrogens with one attached hydrogen (secondary N) is 2. The first kappa shape index (κ1) is 18.7. The predicted octanol–water partition coefficient (Wildman–Crippen LogP) is 2.00. The Morgan fingerprint density at radius 3 is 2.38 bits per heavy atom. The molecule has 0 aromatic heterocycles. The average molecular weight is 379 g/mol. The van der Waals surface area contributed by atoms with E-state index in [2.05, 4.69) is 10.6 Å². The van der Waals surface area contributed by atoms with E-state index in [-0.39, 0.29) is 11.8 Å². The van der Waals surface area contributed by atoms with Crippen molar-refractivity contribution in [3.63, 3.8) is 0 Å². The van der Waals surface area contributed by atoms with Crippen molar-refractivity contribution in [3.8, 4) is 0 Å². The molecule has 2 aliphatic rings. The smallest absolute Gasteiger partial charge is 0.313 e. The van der Waals surface area contributed by atoms with Crippen LogP contribution < -0.4 is 14.9 Å². The zero-order valence-electron chi connectivity index (χ0n) is 14.7. The van der Waals surface area contributed by atoms with Crippen LogP contribution in [0.3, 0.4) is 0 Å². The molecule has 0 unspecified atom stereocenters. The molecule has 1 aliphatic carbocycles. The summed E-state index contributed by atoms with van der Waals surface area (Å²) in [7, 11) is -3.28. The molecule has 1 aromatic rings. The fraction of sp³-hybridized carbons (Fsp3) is 0.556. The summed E-state index contributed by atoms with van der Waals surface area (Å²) in [6, 6.07) is 6.63. The molecular weight excluding hydrogens is 354 g/mol. The lowest BCUT2D eigenvalue weighted by Crippen LogP contribution is -2.41. The zero-order valence-corrected chi connectivity index (χ0v) is 15.6. The third-order valence-corrected chi connectivity index (χ3v) is 6.76. The van der Waals surface area contributed by atoms with Gasteiger partial charge in [-0.3, -0.25) is 13.9 Å². The Hall–Kier alpha value is -2.09. The molecule has 1 aliphatic heterocycles. The second-order valence-electron chi connectivity index (χ2n) is 6.91. The highest BCUT2D eigenvalue weighted by Gasteiger charge is 2.28. The first-order chi connectivity index (χ1) is 12.5. The Labute approximate surface area is 154 Å². The van der Waals surface area contributed by atoms with Gasteiger partial charge in [0.2, 0.25) is 10.0 Å². The normalized spacial score (nSPS) is 20.4. The standard InChI is InChI=1S/C18H25N3O4S/c22-17(19-14-7-3-1-2-4-8-14)18(23)20-15-9-5-10-16(13-15)21-11-6-12-26(21,24)25/h5,9-10,13-14H,1-4,6-8,11-12H2,(H,19,22)(H,20,23). The van der Waals surface area contributed by atoms with Crippen molar-refractivity contribution < 1.29 is 18.0 Å². The van der Waals surface area contributed by atoms with Crippen LogP contribution in [0.5, 0.6) is 0 Å². The van der Waals surface area contributed by atoms with Crippen molar-refractivity contribution in [1.29, 1.82) is 0 Å². The van der Waals surface area contributed by atoms with E-state index in [1.54, 1.807) is 24.3 Å².